The molecule has 0 saturated carbocycles. The molecule has 2 heterocycles. The normalized spacial score (nSPS) is 18.1. The topological polar surface area (TPSA) is 107 Å². The number of anilines is 1. The maximum absolute atomic E-state index is 11.7. The van der Waals surface area contributed by atoms with Crippen molar-refractivity contribution in [3.63, 3.8) is 0 Å². The number of nitrogens with zero attached hydrogens (tertiary/aromatic N) is 2. The van der Waals surface area contributed by atoms with Crippen molar-refractivity contribution >= 4 is 11.7 Å². The highest BCUT2D eigenvalue weighted by Crippen LogP contribution is 2.10. The van der Waals surface area contributed by atoms with E-state index in [-0.39, 0.29) is 12.2 Å². The fourth-order valence-electron chi connectivity index (χ4n) is 1.63. The lowest BCUT2D eigenvalue weighted by molar-refractivity contribution is -0.140. The average Bonchev–Trinajstić information content (AvgIpc) is 2.25. The lowest BCUT2D eigenvalue weighted by atomic mass is 10.2. The van der Waals surface area contributed by atoms with Crippen molar-refractivity contribution in [2.75, 3.05) is 5.73 Å². The van der Waals surface area contributed by atoms with Gasteiger partial charge in [0.2, 0.25) is 0 Å². The van der Waals surface area contributed by atoms with E-state index < -0.39 is 23.1 Å². The van der Waals surface area contributed by atoms with Crippen LogP contribution in [-0.4, -0.2) is 20.4 Å². The van der Waals surface area contributed by atoms with Crippen molar-refractivity contribution in [3.05, 3.63) is 38.9 Å². The predicted octanol–water partition coefficient (Wildman–Crippen LogP) is -1.21. The molecule has 16 heavy (non-hydrogen) atoms. The SMILES string of the molecule is Nc1cc(=O)n2n(c1=O)C(C(=O)O)C=CC2. The van der Waals surface area contributed by atoms with Crippen molar-refractivity contribution in [2.45, 2.75) is 12.6 Å². The molecule has 0 fully saturated rings. The molecule has 0 spiro atoms. The Morgan fingerprint density at radius 3 is 2.81 bits per heavy atom. The van der Waals surface area contributed by atoms with Gasteiger partial charge in [-0.05, 0) is 0 Å². The Bertz CT molecular complexity index is 596. The number of aliphatic carboxylic acids is 1. The van der Waals surface area contributed by atoms with Gasteiger partial charge in [0, 0.05) is 6.07 Å². The highest BCUT2D eigenvalue weighted by Gasteiger charge is 2.24. The molecule has 7 heteroatoms. The Hall–Kier alpha value is -2.31. The number of allylic oxidation sites excluding steroid dienone is 1. The first-order valence-corrected chi connectivity index (χ1v) is 4.54. The molecule has 1 atom stereocenters. The minimum atomic E-state index is -1.21. The Kier molecular flexibility index (Phi) is 2.15. The van der Waals surface area contributed by atoms with Gasteiger partial charge in [0.05, 0.1) is 6.54 Å². The highest BCUT2D eigenvalue weighted by molar-refractivity contribution is 5.74. The summed E-state index contributed by atoms with van der Waals surface area (Å²) in [4.78, 5) is 34.1. The molecule has 7 nitrogen and oxygen atoms in total. The van der Waals surface area contributed by atoms with Crippen molar-refractivity contribution < 1.29 is 9.90 Å². The molecule has 1 aromatic heterocycles. The Balaban J connectivity index is 2.81. The van der Waals surface area contributed by atoms with E-state index in [0.29, 0.717) is 0 Å². The maximum atomic E-state index is 11.7. The van der Waals surface area contributed by atoms with Crippen LogP contribution in [0.25, 0.3) is 0 Å². The Morgan fingerprint density at radius 2 is 2.19 bits per heavy atom. The lowest BCUT2D eigenvalue weighted by Gasteiger charge is -2.21. The second-order valence-corrected chi connectivity index (χ2v) is 3.38. The second-order valence-electron chi connectivity index (χ2n) is 3.38. The van der Waals surface area contributed by atoms with Crippen LogP contribution in [-0.2, 0) is 11.3 Å². The van der Waals surface area contributed by atoms with E-state index in [2.05, 4.69) is 0 Å². The number of aromatic nitrogens is 2. The van der Waals surface area contributed by atoms with Crippen LogP contribution in [0.4, 0.5) is 5.69 Å². The number of rotatable bonds is 1. The van der Waals surface area contributed by atoms with Crippen molar-refractivity contribution in [1.29, 1.82) is 0 Å². The molecular formula is C9H9N3O4. The summed E-state index contributed by atoms with van der Waals surface area (Å²) in [7, 11) is 0. The summed E-state index contributed by atoms with van der Waals surface area (Å²) in [5.74, 6) is -1.21. The molecular weight excluding hydrogens is 214 g/mol. The number of fused-ring (bicyclic) bond motifs is 1. The first kappa shape index (κ1) is 10.2. The second kappa shape index (κ2) is 3.37. The van der Waals surface area contributed by atoms with Crippen LogP contribution in [0.2, 0.25) is 0 Å². The van der Waals surface area contributed by atoms with Crippen LogP contribution in [0.1, 0.15) is 6.04 Å². The molecule has 1 aliphatic rings. The maximum Gasteiger partial charge on any atom is 0.332 e. The minimum absolute atomic E-state index is 0.165. The zero-order valence-electron chi connectivity index (χ0n) is 8.16. The number of hydrogen-bond donors (Lipinski definition) is 2. The van der Waals surface area contributed by atoms with Gasteiger partial charge in [-0.25, -0.2) is 14.2 Å². The van der Waals surface area contributed by atoms with Gasteiger partial charge in [0.25, 0.3) is 11.1 Å². The number of nitrogens with two attached hydrogens (primary N) is 1. The Morgan fingerprint density at radius 1 is 1.50 bits per heavy atom. The van der Waals surface area contributed by atoms with Crippen LogP contribution in [0.3, 0.4) is 0 Å². The lowest BCUT2D eigenvalue weighted by Crippen LogP contribution is -2.44. The van der Waals surface area contributed by atoms with Gasteiger partial charge in [-0.2, -0.15) is 0 Å². The smallest absolute Gasteiger partial charge is 0.332 e. The molecule has 0 saturated heterocycles. The van der Waals surface area contributed by atoms with Crippen molar-refractivity contribution in [1.82, 2.24) is 9.36 Å². The molecule has 1 aromatic rings. The van der Waals surface area contributed by atoms with Crippen LogP contribution < -0.4 is 16.9 Å². The van der Waals surface area contributed by atoms with Crippen LogP contribution in [0.5, 0.6) is 0 Å². The number of carboxylic acids is 1. The summed E-state index contributed by atoms with van der Waals surface area (Å²) < 4.78 is 1.91. The zero-order chi connectivity index (χ0) is 11.9. The molecule has 0 bridgehead atoms. The summed E-state index contributed by atoms with van der Waals surface area (Å²) in [5.41, 5.74) is 3.93. The molecule has 2 rings (SSSR count). The first-order valence-electron chi connectivity index (χ1n) is 4.54. The summed E-state index contributed by atoms with van der Waals surface area (Å²) in [6, 6.07) is -0.186. The van der Waals surface area contributed by atoms with E-state index in [0.717, 1.165) is 15.4 Å². The average molecular weight is 223 g/mol. The van der Waals surface area contributed by atoms with Crippen molar-refractivity contribution in [2.24, 2.45) is 0 Å². The van der Waals surface area contributed by atoms with Crippen LogP contribution >= 0.6 is 0 Å². The molecule has 1 unspecified atom stereocenters. The van der Waals surface area contributed by atoms with Gasteiger partial charge in [0.15, 0.2) is 6.04 Å². The van der Waals surface area contributed by atoms with Crippen molar-refractivity contribution in [3.8, 4) is 0 Å². The van der Waals surface area contributed by atoms with Gasteiger partial charge in [-0.1, -0.05) is 12.2 Å². The fraction of sp³-hybridized carbons (Fsp3) is 0.222. The largest absolute Gasteiger partial charge is 0.479 e. The van der Waals surface area contributed by atoms with Gasteiger partial charge in [0.1, 0.15) is 5.69 Å². The summed E-state index contributed by atoms with van der Waals surface area (Å²) in [6.45, 7) is 0.165. The monoisotopic (exact) mass is 223 g/mol. The molecule has 3 N–H and O–H groups in total. The first-order chi connectivity index (χ1) is 7.52. The molecule has 84 valence electrons. The van der Waals surface area contributed by atoms with E-state index >= 15 is 0 Å². The molecule has 0 aromatic carbocycles. The van der Waals surface area contributed by atoms with Gasteiger partial charge in [-0.15, -0.1) is 0 Å². The van der Waals surface area contributed by atoms with E-state index in [9.17, 15) is 14.4 Å². The Labute approximate surface area is 89.0 Å². The van der Waals surface area contributed by atoms with Gasteiger partial charge in [-0.3, -0.25) is 9.59 Å². The quantitative estimate of drug-likeness (QED) is 0.581. The minimum Gasteiger partial charge on any atom is -0.479 e. The highest BCUT2D eigenvalue weighted by atomic mass is 16.4. The summed E-state index contributed by atoms with van der Waals surface area (Å²) in [5, 5.41) is 8.92. The number of nitrogen functional groups attached to an aromatic ring is 1. The molecule has 0 amide bonds. The predicted molar refractivity (Wildman–Crippen MR) is 55.2 cm³/mol. The van der Waals surface area contributed by atoms with E-state index in [1.54, 1.807) is 0 Å². The van der Waals surface area contributed by atoms with E-state index in [1.807, 2.05) is 0 Å². The van der Waals surface area contributed by atoms with Gasteiger partial charge < -0.3 is 10.8 Å². The van der Waals surface area contributed by atoms with E-state index in [1.165, 1.54) is 12.2 Å². The number of carbonyl (C=O) groups is 1. The molecule has 0 aliphatic carbocycles. The summed E-state index contributed by atoms with van der Waals surface area (Å²) >= 11 is 0. The molecule has 1 aliphatic heterocycles. The number of hydrogen-bond acceptors (Lipinski definition) is 4. The summed E-state index contributed by atoms with van der Waals surface area (Å²) in [6.07, 6.45) is 2.87. The van der Waals surface area contributed by atoms with Gasteiger partial charge >= 0.3 is 5.97 Å². The zero-order valence-corrected chi connectivity index (χ0v) is 8.16. The third-order valence-electron chi connectivity index (χ3n) is 2.36. The van der Waals surface area contributed by atoms with Crippen LogP contribution in [0.15, 0.2) is 27.8 Å². The molecule has 0 radical (unpaired) electrons. The van der Waals surface area contributed by atoms with E-state index in [4.69, 9.17) is 10.8 Å². The number of carboxylic acid groups (broad SMARTS) is 1. The third-order valence-corrected chi connectivity index (χ3v) is 2.36. The van der Waals surface area contributed by atoms with Crippen LogP contribution in [0, 0.1) is 0 Å². The standard InChI is InChI=1S/C9H9N3O4/c10-5-4-7(13)11-3-1-2-6(9(15)16)12(11)8(5)14/h1-2,4,6H,3,10H2,(H,15,16). The fourth-order valence-corrected chi connectivity index (χ4v) is 1.63. The third kappa shape index (κ3) is 1.33.